The number of hydrogen-bond acceptors (Lipinski definition) is 6. The fourth-order valence-corrected chi connectivity index (χ4v) is 10.3. The largest absolute Gasteiger partial charge is 0.497 e. The quantitative estimate of drug-likeness (QED) is 0.406. The predicted octanol–water partition coefficient (Wildman–Crippen LogP) is 3.44. The number of ether oxygens (including phenoxy) is 1. The van der Waals surface area contributed by atoms with Crippen LogP contribution >= 0.6 is 0 Å². The minimum Gasteiger partial charge on any atom is -0.497 e. The Morgan fingerprint density at radius 1 is 0.980 bits per heavy atom. The topological polar surface area (TPSA) is 122 Å². The van der Waals surface area contributed by atoms with E-state index < -0.39 is 21.5 Å². The van der Waals surface area contributed by atoms with Crippen LogP contribution in [0.3, 0.4) is 0 Å². The first-order valence-electron chi connectivity index (χ1n) is 18.2. The normalized spacial score (nSPS) is 26.1. The molecule has 5 aliphatic rings. The zero-order valence-corrected chi connectivity index (χ0v) is 30.3. The number of piperidine rings is 1. The molecule has 2 saturated carbocycles. The molecule has 3 aromatic rings. The van der Waals surface area contributed by atoms with Gasteiger partial charge in [0.2, 0.25) is 11.8 Å². The van der Waals surface area contributed by atoms with E-state index in [0.29, 0.717) is 32.0 Å². The molecule has 2 N–H and O–H groups in total. The number of hydrogen-bond donors (Lipinski definition) is 2. The molecule has 11 nitrogen and oxygen atoms in total. The molecular formula is C38H48N5O6S+. The summed E-state index contributed by atoms with van der Waals surface area (Å²) in [5, 5.41) is 1.05. The van der Waals surface area contributed by atoms with Crippen LogP contribution in [0, 0.1) is 11.3 Å². The molecule has 2 aliphatic carbocycles. The SMILES string of the molecule is COc1ccc2c(c1)C1CC1(C(=O)N1CC3CCCN(C(C)=O)C3C1)Cn1c-2c(C2CCCCC2)c2ccc(C(=O)NS(=O)(=O)[NH+](C)C)cc21. The Morgan fingerprint density at radius 2 is 1.76 bits per heavy atom. The second-order valence-corrected chi connectivity index (χ2v) is 17.5. The van der Waals surface area contributed by atoms with Crippen molar-refractivity contribution in [2.24, 2.45) is 11.3 Å². The molecule has 50 heavy (non-hydrogen) atoms. The highest BCUT2D eigenvalue weighted by molar-refractivity contribution is 7.83. The van der Waals surface area contributed by atoms with Gasteiger partial charge < -0.3 is 19.1 Å². The first-order valence-corrected chi connectivity index (χ1v) is 19.7. The molecule has 4 unspecified atom stereocenters. The number of benzene rings is 2. The molecule has 4 atom stereocenters. The van der Waals surface area contributed by atoms with Gasteiger partial charge in [0, 0.05) is 61.1 Å². The summed E-state index contributed by atoms with van der Waals surface area (Å²) >= 11 is 0. The van der Waals surface area contributed by atoms with Crippen LogP contribution in [0.2, 0.25) is 0 Å². The number of nitrogens with zero attached hydrogens (tertiary/aromatic N) is 3. The van der Waals surface area contributed by atoms with Crippen molar-refractivity contribution < 1.29 is 31.8 Å². The lowest BCUT2D eigenvalue weighted by molar-refractivity contribution is -0.718. The van der Waals surface area contributed by atoms with Crippen LogP contribution in [-0.2, 0) is 26.3 Å². The number of methoxy groups -OCH3 is 1. The number of rotatable bonds is 6. The predicted molar refractivity (Wildman–Crippen MR) is 189 cm³/mol. The molecule has 0 spiro atoms. The molecule has 3 amide bonds. The van der Waals surface area contributed by atoms with E-state index in [1.165, 1.54) is 26.1 Å². The highest BCUT2D eigenvalue weighted by Crippen LogP contribution is 2.66. The van der Waals surface area contributed by atoms with Gasteiger partial charge in [0.25, 0.3) is 5.91 Å². The Balaban J connectivity index is 1.28. The first kappa shape index (κ1) is 33.3. The molecule has 1 aromatic heterocycles. The number of carbonyl (C=O) groups is 3. The molecule has 0 radical (unpaired) electrons. The standard InChI is InChI=1S/C38H47N5O6S/c1-23(44)42-16-8-11-26-20-41(21-33(26)42)37(46)38-19-31(38)30-18-27(49-4)13-15-28(30)35-34(24-9-6-5-7-10-24)29-14-12-25(17-32(29)43(35)22-38)36(45)39-50(47,48)40(2)3/h12-15,17-18,24,26,31,33H,5-11,16,19-22H2,1-4H3,(H,39,45)/p+1. The van der Waals surface area contributed by atoms with E-state index in [9.17, 15) is 22.8 Å². The number of quaternary nitrogens is 1. The highest BCUT2D eigenvalue weighted by Gasteiger charge is 2.64. The van der Waals surface area contributed by atoms with Gasteiger partial charge in [-0.3, -0.25) is 14.4 Å². The van der Waals surface area contributed by atoms with Crippen molar-refractivity contribution in [2.75, 3.05) is 40.8 Å². The van der Waals surface area contributed by atoms with Crippen molar-refractivity contribution in [2.45, 2.75) is 82.7 Å². The molecule has 4 heterocycles. The molecule has 4 fully saturated rings. The maximum Gasteiger partial charge on any atom is 0.394 e. The Hall–Kier alpha value is -3.90. The van der Waals surface area contributed by atoms with Crippen LogP contribution in [0.5, 0.6) is 5.75 Å². The van der Waals surface area contributed by atoms with Gasteiger partial charge in [-0.2, -0.15) is 8.42 Å². The molecular weight excluding hydrogens is 655 g/mol. The molecule has 3 aliphatic heterocycles. The fourth-order valence-electron chi connectivity index (χ4n) is 9.76. The first-order chi connectivity index (χ1) is 23.9. The summed E-state index contributed by atoms with van der Waals surface area (Å²) in [7, 11) is 0.689. The van der Waals surface area contributed by atoms with Gasteiger partial charge >= 0.3 is 10.2 Å². The number of nitrogens with one attached hydrogen (secondary N) is 2. The monoisotopic (exact) mass is 702 g/mol. The van der Waals surface area contributed by atoms with E-state index in [1.54, 1.807) is 20.1 Å². The summed E-state index contributed by atoms with van der Waals surface area (Å²) in [6.45, 7) is 4.05. The van der Waals surface area contributed by atoms with E-state index in [0.717, 1.165) is 78.5 Å². The average molecular weight is 703 g/mol. The summed E-state index contributed by atoms with van der Waals surface area (Å²) in [6.07, 6.45) is 8.33. The van der Waals surface area contributed by atoms with E-state index in [-0.39, 0.29) is 39.6 Å². The smallest absolute Gasteiger partial charge is 0.394 e. The van der Waals surface area contributed by atoms with Crippen molar-refractivity contribution in [3.05, 3.63) is 53.1 Å². The van der Waals surface area contributed by atoms with Gasteiger partial charge in [-0.05, 0) is 85.4 Å². The molecule has 12 heteroatoms. The molecule has 2 saturated heterocycles. The van der Waals surface area contributed by atoms with E-state index in [2.05, 4.69) is 21.4 Å². The van der Waals surface area contributed by atoms with Crippen LogP contribution in [-0.4, -0.2) is 87.4 Å². The minimum absolute atomic E-state index is 0.000449. The van der Waals surface area contributed by atoms with Crippen LogP contribution in [0.1, 0.15) is 91.6 Å². The van der Waals surface area contributed by atoms with Gasteiger partial charge in [-0.25, -0.2) is 9.03 Å². The van der Waals surface area contributed by atoms with Crippen molar-refractivity contribution in [3.8, 4) is 17.0 Å². The van der Waals surface area contributed by atoms with Gasteiger partial charge in [0.1, 0.15) is 5.75 Å². The third-order valence-electron chi connectivity index (χ3n) is 12.4. The summed E-state index contributed by atoms with van der Waals surface area (Å²) in [4.78, 5) is 45.0. The lowest BCUT2D eigenvalue weighted by Crippen LogP contribution is -3.09. The Morgan fingerprint density at radius 3 is 2.48 bits per heavy atom. The second kappa shape index (κ2) is 12.1. The van der Waals surface area contributed by atoms with Gasteiger partial charge in [0.05, 0.1) is 38.4 Å². The van der Waals surface area contributed by atoms with Crippen molar-refractivity contribution in [3.63, 3.8) is 0 Å². The molecule has 2 aromatic carbocycles. The van der Waals surface area contributed by atoms with Gasteiger partial charge in [-0.1, -0.05) is 25.3 Å². The highest BCUT2D eigenvalue weighted by atomic mass is 32.2. The summed E-state index contributed by atoms with van der Waals surface area (Å²) < 4.78 is 35.7. The summed E-state index contributed by atoms with van der Waals surface area (Å²) in [5.41, 5.74) is 5.01. The third kappa shape index (κ3) is 5.23. The van der Waals surface area contributed by atoms with Crippen LogP contribution < -0.4 is 13.8 Å². The van der Waals surface area contributed by atoms with Crippen LogP contribution in [0.4, 0.5) is 0 Å². The van der Waals surface area contributed by atoms with Crippen molar-refractivity contribution >= 4 is 38.8 Å². The van der Waals surface area contributed by atoms with Gasteiger partial charge in [0.15, 0.2) is 0 Å². The van der Waals surface area contributed by atoms with Crippen LogP contribution in [0.15, 0.2) is 36.4 Å². The maximum atomic E-state index is 15.0. The third-order valence-corrected chi connectivity index (χ3v) is 14.0. The number of likely N-dealkylation sites (tertiary alicyclic amines) is 2. The Labute approximate surface area is 294 Å². The maximum absolute atomic E-state index is 15.0. The number of fused-ring (bicyclic) bond motifs is 8. The van der Waals surface area contributed by atoms with Gasteiger partial charge in [-0.15, -0.1) is 0 Å². The summed E-state index contributed by atoms with van der Waals surface area (Å²) in [5.74, 6) is 0.906. The molecule has 8 rings (SSSR count). The number of aromatic nitrogens is 1. The number of amides is 3. The van der Waals surface area contributed by atoms with E-state index in [4.69, 9.17) is 4.74 Å². The fraction of sp³-hybridized carbons (Fsp3) is 0.553. The van der Waals surface area contributed by atoms with Crippen molar-refractivity contribution in [1.29, 1.82) is 0 Å². The molecule has 266 valence electrons. The zero-order valence-electron chi connectivity index (χ0n) is 29.5. The molecule has 0 bridgehead atoms. The van der Waals surface area contributed by atoms with Crippen molar-refractivity contribution in [1.82, 2.24) is 19.1 Å². The lowest BCUT2D eigenvalue weighted by atomic mass is 9.81. The minimum atomic E-state index is -3.91. The van der Waals surface area contributed by atoms with Crippen LogP contribution in [0.25, 0.3) is 22.2 Å². The zero-order chi connectivity index (χ0) is 35.1. The van der Waals surface area contributed by atoms with E-state index >= 15 is 0 Å². The second-order valence-electron chi connectivity index (χ2n) is 15.5. The average Bonchev–Trinajstić information content (AvgIpc) is 3.56. The lowest BCUT2D eigenvalue weighted by Gasteiger charge is -2.36. The Kier molecular flexibility index (Phi) is 8.06. The summed E-state index contributed by atoms with van der Waals surface area (Å²) in [6, 6.07) is 11.8. The van der Waals surface area contributed by atoms with E-state index in [1.807, 2.05) is 28.0 Å². The Bertz CT molecular complexity index is 2020. The number of carbonyl (C=O) groups excluding carboxylic acids is 3.